The number of aromatic nitrogens is 1. The van der Waals surface area contributed by atoms with Crippen LogP contribution in [0.4, 0.5) is 11.5 Å². The maximum atomic E-state index is 11.7. The highest BCUT2D eigenvalue weighted by Gasteiger charge is 2.54. The molecule has 1 spiro atoms. The van der Waals surface area contributed by atoms with Gasteiger partial charge in [0.1, 0.15) is 5.82 Å². The maximum absolute atomic E-state index is 11.7. The average molecular weight is 490 g/mol. The molecule has 1 aromatic heterocycles. The van der Waals surface area contributed by atoms with Crippen LogP contribution < -0.4 is 10.2 Å². The second-order valence-electron chi connectivity index (χ2n) is 11.7. The minimum Gasteiger partial charge on any atom is -0.481 e. The zero-order chi connectivity index (χ0) is 24.5. The first kappa shape index (κ1) is 23.8. The Morgan fingerprint density at radius 1 is 1.11 bits per heavy atom. The lowest BCUT2D eigenvalue weighted by molar-refractivity contribution is -0.139. The van der Waals surface area contributed by atoms with Gasteiger partial charge in [-0.1, -0.05) is 18.2 Å². The number of morpholine rings is 1. The molecule has 6 rings (SSSR count). The first-order chi connectivity index (χ1) is 17.6. The first-order valence-electron chi connectivity index (χ1n) is 13.9. The van der Waals surface area contributed by atoms with E-state index < -0.39 is 5.97 Å². The molecule has 1 saturated heterocycles. The van der Waals surface area contributed by atoms with E-state index in [9.17, 15) is 9.90 Å². The molecule has 0 bridgehead atoms. The van der Waals surface area contributed by atoms with Crippen LogP contribution in [0.25, 0.3) is 0 Å². The van der Waals surface area contributed by atoms with Gasteiger partial charge in [0, 0.05) is 31.0 Å². The van der Waals surface area contributed by atoms with Crippen LogP contribution in [0.2, 0.25) is 0 Å². The molecule has 6 nitrogen and oxygen atoms in total. The average Bonchev–Trinajstić information content (AvgIpc) is 2.86. The number of fused-ring (bicyclic) bond motifs is 1. The highest BCUT2D eigenvalue weighted by atomic mass is 16.5. The van der Waals surface area contributed by atoms with Crippen molar-refractivity contribution in [2.24, 2.45) is 17.3 Å². The number of carbonyl (C=O) groups is 1. The molecule has 2 aliphatic carbocycles. The summed E-state index contributed by atoms with van der Waals surface area (Å²) in [6.07, 6.45) is 9.86. The smallest absolute Gasteiger partial charge is 0.303 e. The van der Waals surface area contributed by atoms with E-state index in [2.05, 4.69) is 46.6 Å². The molecule has 36 heavy (non-hydrogen) atoms. The van der Waals surface area contributed by atoms with Crippen molar-refractivity contribution in [2.45, 2.75) is 63.7 Å². The number of aliphatic carboxylic acids is 1. The Hall–Kier alpha value is -2.60. The molecule has 2 N–H and O–H groups in total. The molecule has 2 saturated carbocycles. The predicted octanol–water partition coefficient (Wildman–Crippen LogP) is 5.27. The number of nitrogens with zero attached hydrogens (tertiary/aromatic N) is 2. The fourth-order valence-electron chi connectivity index (χ4n) is 7.40. The number of hydrogen-bond donors (Lipinski definition) is 2. The normalized spacial score (nSPS) is 27.9. The zero-order valence-corrected chi connectivity index (χ0v) is 21.3. The minimum absolute atomic E-state index is 0.123. The van der Waals surface area contributed by atoms with Crippen LogP contribution in [-0.2, 0) is 22.4 Å². The number of carboxylic acids is 1. The molecule has 4 aliphatic rings. The van der Waals surface area contributed by atoms with Crippen molar-refractivity contribution in [3.63, 3.8) is 0 Å². The van der Waals surface area contributed by atoms with Crippen LogP contribution >= 0.6 is 0 Å². The minimum atomic E-state index is -0.684. The Bertz CT molecular complexity index is 1070. The molecule has 2 aromatic rings. The SMILES string of the molecule is O=C(O)CC(c1ccc(N2CCOCC2)cc1)C1CC2(CC(CCc3ccc4c(n3)NCCC4)C2)C1. The molecule has 1 unspecified atom stereocenters. The van der Waals surface area contributed by atoms with E-state index in [-0.39, 0.29) is 12.3 Å². The highest BCUT2D eigenvalue weighted by molar-refractivity contribution is 5.68. The molecule has 1 atom stereocenters. The Morgan fingerprint density at radius 2 is 1.89 bits per heavy atom. The molecule has 6 heteroatoms. The van der Waals surface area contributed by atoms with Crippen molar-refractivity contribution >= 4 is 17.5 Å². The number of nitrogens with one attached hydrogen (secondary N) is 1. The third-order valence-electron chi connectivity index (χ3n) is 9.26. The number of hydrogen-bond acceptors (Lipinski definition) is 5. The molecule has 0 amide bonds. The summed E-state index contributed by atoms with van der Waals surface area (Å²) in [5, 5.41) is 13.1. The lowest BCUT2D eigenvalue weighted by Crippen LogP contribution is -2.49. The summed E-state index contributed by atoms with van der Waals surface area (Å²) in [5.74, 6) is 1.83. The second kappa shape index (κ2) is 10.0. The first-order valence-corrected chi connectivity index (χ1v) is 13.9. The summed E-state index contributed by atoms with van der Waals surface area (Å²) in [4.78, 5) is 18.9. The largest absolute Gasteiger partial charge is 0.481 e. The van der Waals surface area contributed by atoms with Crippen LogP contribution in [0, 0.1) is 17.3 Å². The van der Waals surface area contributed by atoms with Crippen LogP contribution in [0.3, 0.4) is 0 Å². The van der Waals surface area contributed by atoms with Gasteiger partial charge in [0.15, 0.2) is 0 Å². The highest BCUT2D eigenvalue weighted by Crippen LogP contribution is 2.65. The maximum Gasteiger partial charge on any atom is 0.303 e. The van der Waals surface area contributed by atoms with Crippen LogP contribution in [0.1, 0.15) is 67.7 Å². The summed E-state index contributed by atoms with van der Waals surface area (Å²) in [6, 6.07) is 13.2. The van der Waals surface area contributed by atoms with Gasteiger partial charge in [-0.25, -0.2) is 4.98 Å². The van der Waals surface area contributed by atoms with Crippen LogP contribution in [0.5, 0.6) is 0 Å². The molecule has 192 valence electrons. The zero-order valence-electron chi connectivity index (χ0n) is 21.3. The Labute approximate surface area is 214 Å². The molecule has 1 aromatic carbocycles. The van der Waals surface area contributed by atoms with E-state index in [0.717, 1.165) is 57.4 Å². The molecule has 0 radical (unpaired) electrons. The van der Waals surface area contributed by atoms with Crippen molar-refractivity contribution in [1.29, 1.82) is 0 Å². The lowest BCUT2D eigenvalue weighted by Gasteiger charge is -2.60. The van der Waals surface area contributed by atoms with Gasteiger partial charge < -0.3 is 20.1 Å². The van der Waals surface area contributed by atoms with Crippen molar-refractivity contribution in [3.05, 3.63) is 53.2 Å². The quantitative estimate of drug-likeness (QED) is 0.526. The third kappa shape index (κ3) is 4.97. The summed E-state index contributed by atoms with van der Waals surface area (Å²) in [5.41, 5.74) is 5.46. The number of aryl methyl sites for hydroxylation is 2. The van der Waals surface area contributed by atoms with Gasteiger partial charge in [0.05, 0.1) is 19.6 Å². The van der Waals surface area contributed by atoms with E-state index in [0.29, 0.717) is 11.3 Å². The van der Waals surface area contributed by atoms with Crippen LogP contribution in [0.15, 0.2) is 36.4 Å². The number of anilines is 2. The second-order valence-corrected chi connectivity index (χ2v) is 11.7. The van der Waals surface area contributed by atoms with Crippen molar-refractivity contribution < 1.29 is 14.6 Å². The molecular weight excluding hydrogens is 450 g/mol. The summed E-state index contributed by atoms with van der Waals surface area (Å²) in [6.45, 7) is 4.43. The van der Waals surface area contributed by atoms with Gasteiger partial charge in [-0.3, -0.25) is 4.79 Å². The van der Waals surface area contributed by atoms with Gasteiger partial charge in [-0.2, -0.15) is 0 Å². The molecular formula is C30H39N3O3. The van der Waals surface area contributed by atoms with E-state index in [1.807, 2.05) is 0 Å². The number of pyridine rings is 1. The number of benzene rings is 1. The Morgan fingerprint density at radius 3 is 2.64 bits per heavy atom. The molecule has 3 fully saturated rings. The number of carboxylic acid groups (broad SMARTS) is 1. The van der Waals surface area contributed by atoms with Crippen molar-refractivity contribution in [2.75, 3.05) is 43.1 Å². The van der Waals surface area contributed by atoms with Gasteiger partial charge in [0.2, 0.25) is 0 Å². The van der Waals surface area contributed by atoms with Gasteiger partial charge >= 0.3 is 5.97 Å². The fourth-order valence-corrected chi connectivity index (χ4v) is 7.40. The topological polar surface area (TPSA) is 74.7 Å². The standard InChI is InChI=1S/C30H39N3O3/c34-28(35)16-27(22-5-9-26(10-6-22)33-12-14-36-15-13-33)24-19-30(20-24)17-21(18-30)3-7-25-8-4-23-2-1-11-31-29(23)32-25/h4-6,8-10,21,24,27H,1-3,7,11-20H2,(H,31,32)(H,34,35). The third-order valence-corrected chi connectivity index (χ3v) is 9.26. The van der Waals surface area contributed by atoms with Crippen LogP contribution in [-0.4, -0.2) is 48.9 Å². The molecule has 3 heterocycles. The summed E-state index contributed by atoms with van der Waals surface area (Å²) >= 11 is 0. The lowest BCUT2D eigenvalue weighted by atomic mass is 9.45. The number of ether oxygens (including phenoxy) is 1. The van der Waals surface area contributed by atoms with Crippen molar-refractivity contribution in [3.8, 4) is 0 Å². The predicted molar refractivity (Wildman–Crippen MR) is 142 cm³/mol. The van der Waals surface area contributed by atoms with Gasteiger partial charge in [-0.05, 0) is 104 Å². The van der Waals surface area contributed by atoms with Gasteiger partial charge in [-0.15, -0.1) is 0 Å². The van der Waals surface area contributed by atoms with E-state index >= 15 is 0 Å². The van der Waals surface area contributed by atoms with E-state index in [4.69, 9.17) is 9.72 Å². The fraction of sp³-hybridized carbons (Fsp3) is 0.600. The van der Waals surface area contributed by atoms with E-state index in [1.54, 1.807) is 0 Å². The summed E-state index contributed by atoms with van der Waals surface area (Å²) in [7, 11) is 0. The summed E-state index contributed by atoms with van der Waals surface area (Å²) < 4.78 is 5.47. The Balaban J connectivity index is 1.01. The Kier molecular flexibility index (Phi) is 6.63. The monoisotopic (exact) mass is 489 g/mol. The van der Waals surface area contributed by atoms with Crippen molar-refractivity contribution in [1.82, 2.24) is 4.98 Å². The number of rotatable bonds is 8. The van der Waals surface area contributed by atoms with E-state index in [1.165, 1.54) is 61.0 Å². The van der Waals surface area contributed by atoms with Gasteiger partial charge in [0.25, 0.3) is 0 Å². The molecule has 2 aliphatic heterocycles.